The van der Waals surface area contributed by atoms with E-state index in [0.29, 0.717) is 46.0 Å². The minimum atomic E-state index is -1.02. The average molecular weight is 459 g/mol. The number of nitrogens with one attached hydrogen (secondary N) is 2. The molecule has 3 N–H and O–H groups in total. The van der Waals surface area contributed by atoms with Crippen LogP contribution in [0.1, 0.15) is 41.4 Å². The first kappa shape index (κ1) is 22.1. The van der Waals surface area contributed by atoms with E-state index in [4.69, 9.17) is 4.74 Å². The number of hydrogen-bond donors (Lipinski definition) is 3. The number of ether oxygens (including phenoxy) is 1. The van der Waals surface area contributed by atoms with Gasteiger partial charge in [-0.25, -0.2) is 19.2 Å². The van der Waals surface area contributed by atoms with E-state index in [0.717, 1.165) is 24.2 Å². The maximum atomic E-state index is 14.0. The van der Waals surface area contributed by atoms with Gasteiger partial charge in [0, 0.05) is 12.1 Å². The Morgan fingerprint density at radius 1 is 1.31 bits per heavy atom. The first-order valence-electron chi connectivity index (χ1n) is 10.2. The molecule has 32 heavy (non-hydrogen) atoms. The molecule has 8 nitrogen and oxygen atoms in total. The third kappa shape index (κ3) is 4.71. The minimum Gasteiger partial charge on any atom is -0.488 e. The van der Waals surface area contributed by atoms with Gasteiger partial charge in [-0.05, 0) is 50.8 Å². The Labute approximate surface area is 187 Å². The fourth-order valence-electron chi connectivity index (χ4n) is 3.90. The first-order valence-corrected chi connectivity index (χ1v) is 11.1. The summed E-state index contributed by atoms with van der Waals surface area (Å²) >= 11 is 1.08. The zero-order valence-corrected chi connectivity index (χ0v) is 18.5. The van der Waals surface area contributed by atoms with Crippen molar-refractivity contribution in [2.75, 3.05) is 11.9 Å². The van der Waals surface area contributed by atoms with Gasteiger partial charge >= 0.3 is 5.97 Å². The van der Waals surface area contributed by atoms with Crippen LogP contribution in [0.4, 0.5) is 15.9 Å². The lowest BCUT2D eigenvalue weighted by Crippen LogP contribution is -2.31. The van der Waals surface area contributed by atoms with Crippen LogP contribution in [0.25, 0.3) is 10.2 Å². The third-order valence-corrected chi connectivity index (χ3v) is 6.62. The van der Waals surface area contributed by atoms with Crippen molar-refractivity contribution < 1.29 is 23.8 Å². The second-order valence-electron chi connectivity index (χ2n) is 7.86. The van der Waals surface area contributed by atoms with E-state index in [-0.39, 0.29) is 22.8 Å². The smallest absolute Gasteiger partial charge is 0.346 e. The van der Waals surface area contributed by atoms with Crippen LogP contribution < -0.4 is 15.4 Å². The Morgan fingerprint density at radius 2 is 2.12 bits per heavy atom. The number of carbonyl (C=O) groups excluding carboxylic acids is 1. The number of aromatic nitrogens is 2. The molecule has 0 radical (unpaired) electrons. The van der Waals surface area contributed by atoms with Gasteiger partial charge in [0.25, 0.3) is 0 Å². The molecule has 0 aliphatic heterocycles. The maximum Gasteiger partial charge on any atom is 0.346 e. The van der Waals surface area contributed by atoms with E-state index < -0.39 is 11.8 Å². The molecule has 1 aliphatic carbocycles. The standard InChI is InChI=1S/C22H23FN4O4S/c1-11(28)9-24-14-4-5-15(8-14)31-17-7-13(23)3-6-16(17)27-20-18-12(2)19(22(29)30)32-21(18)26-10-25-20/h3,6-7,10,14-15,24H,4-5,8-9H2,1-2H3,(H,29,30)(H,25,26,27)/t14-,15-/m0/s1. The molecule has 2 atom stereocenters. The van der Waals surface area contributed by atoms with Crippen molar-refractivity contribution in [3.8, 4) is 5.75 Å². The zero-order chi connectivity index (χ0) is 22.8. The summed E-state index contributed by atoms with van der Waals surface area (Å²) in [5.74, 6) is -0.587. The second kappa shape index (κ2) is 9.17. The number of nitrogens with zero attached hydrogens (tertiary/aromatic N) is 2. The number of hydrogen-bond acceptors (Lipinski definition) is 8. The number of halogens is 1. The quantitative estimate of drug-likeness (QED) is 0.463. The second-order valence-corrected chi connectivity index (χ2v) is 8.86. The fourth-order valence-corrected chi connectivity index (χ4v) is 4.88. The summed E-state index contributed by atoms with van der Waals surface area (Å²) in [6.07, 6.45) is 3.61. The average Bonchev–Trinajstić information content (AvgIpc) is 3.33. The molecule has 168 valence electrons. The predicted molar refractivity (Wildman–Crippen MR) is 120 cm³/mol. The van der Waals surface area contributed by atoms with E-state index in [9.17, 15) is 19.1 Å². The highest BCUT2D eigenvalue weighted by atomic mass is 32.1. The maximum absolute atomic E-state index is 14.0. The number of aromatic carboxylic acids is 1. The number of aryl methyl sites for hydroxylation is 1. The molecule has 0 saturated heterocycles. The number of thiophene rings is 1. The van der Waals surface area contributed by atoms with Crippen LogP contribution >= 0.6 is 11.3 Å². The molecule has 3 aromatic rings. The van der Waals surface area contributed by atoms with Crippen molar-refractivity contribution >= 4 is 44.8 Å². The van der Waals surface area contributed by atoms with Crippen molar-refractivity contribution in [2.24, 2.45) is 0 Å². The lowest BCUT2D eigenvalue weighted by Gasteiger charge is -2.18. The van der Waals surface area contributed by atoms with Crippen LogP contribution in [-0.4, -0.2) is 45.5 Å². The van der Waals surface area contributed by atoms with E-state index in [2.05, 4.69) is 20.6 Å². The first-order chi connectivity index (χ1) is 15.3. The topological polar surface area (TPSA) is 113 Å². The molecule has 1 saturated carbocycles. The number of carbonyl (C=O) groups is 2. The number of carboxylic acids is 1. The molecular formula is C22H23FN4O4S. The van der Waals surface area contributed by atoms with Crippen molar-refractivity contribution in [3.05, 3.63) is 40.8 Å². The number of benzene rings is 1. The molecule has 1 aromatic carbocycles. The van der Waals surface area contributed by atoms with Gasteiger partial charge in [0.2, 0.25) is 0 Å². The number of carboxylic acid groups (broad SMARTS) is 1. The molecule has 0 amide bonds. The van der Waals surface area contributed by atoms with E-state index >= 15 is 0 Å². The van der Waals surface area contributed by atoms with Gasteiger partial charge in [0.1, 0.15) is 45.3 Å². The van der Waals surface area contributed by atoms with Crippen molar-refractivity contribution in [1.82, 2.24) is 15.3 Å². The zero-order valence-electron chi connectivity index (χ0n) is 17.6. The molecule has 1 fully saturated rings. The molecule has 0 bridgehead atoms. The lowest BCUT2D eigenvalue weighted by molar-refractivity contribution is -0.116. The van der Waals surface area contributed by atoms with E-state index in [1.807, 2.05) is 0 Å². The van der Waals surface area contributed by atoms with Crippen molar-refractivity contribution in [3.63, 3.8) is 0 Å². The third-order valence-electron chi connectivity index (χ3n) is 5.44. The summed E-state index contributed by atoms with van der Waals surface area (Å²) in [7, 11) is 0. The van der Waals surface area contributed by atoms with Gasteiger partial charge in [-0.1, -0.05) is 0 Å². The highest BCUT2D eigenvalue weighted by Crippen LogP contribution is 2.37. The normalized spacial score (nSPS) is 18.1. The van der Waals surface area contributed by atoms with Gasteiger partial charge in [0.05, 0.1) is 17.6 Å². The van der Waals surface area contributed by atoms with Gasteiger partial charge in [-0.15, -0.1) is 11.3 Å². The Balaban J connectivity index is 1.57. The summed E-state index contributed by atoms with van der Waals surface area (Å²) in [6, 6.07) is 4.39. The van der Waals surface area contributed by atoms with Crippen LogP contribution in [0.2, 0.25) is 0 Å². The molecule has 0 unspecified atom stereocenters. The fraction of sp³-hybridized carbons (Fsp3) is 0.364. The van der Waals surface area contributed by atoms with Crippen molar-refractivity contribution in [2.45, 2.75) is 45.3 Å². The van der Waals surface area contributed by atoms with Crippen LogP contribution in [0.15, 0.2) is 24.5 Å². The number of rotatable bonds is 8. The summed E-state index contributed by atoms with van der Waals surface area (Å²) < 4.78 is 20.1. The lowest BCUT2D eigenvalue weighted by atomic mass is 10.2. The van der Waals surface area contributed by atoms with Crippen LogP contribution in [0, 0.1) is 12.7 Å². The monoisotopic (exact) mass is 458 g/mol. The molecule has 10 heteroatoms. The molecule has 2 heterocycles. The molecule has 0 spiro atoms. The predicted octanol–water partition coefficient (Wildman–Crippen LogP) is 4.06. The van der Waals surface area contributed by atoms with Gasteiger partial charge in [-0.3, -0.25) is 4.79 Å². The number of anilines is 2. The van der Waals surface area contributed by atoms with Crippen molar-refractivity contribution in [1.29, 1.82) is 0 Å². The Morgan fingerprint density at radius 3 is 2.88 bits per heavy atom. The van der Waals surface area contributed by atoms with E-state index in [1.54, 1.807) is 19.9 Å². The van der Waals surface area contributed by atoms with Gasteiger partial charge < -0.3 is 20.5 Å². The van der Waals surface area contributed by atoms with E-state index in [1.165, 1.54) is 18.5 Å². The highest BCUT2D eigenvalue weighted by molar-refractivity contribution is 7.20. The van der Waals surface area contributed by atoms with Gasteiger partial charge in [-0.2, -0.15) is 0 Å². The molecule has 1 aliphatic rings. The minimum absolute atomic E-state index is 0.0805. The summed E-state index contributed by atoms with van der Waals surface area (Å²) in [6.45, 7) is 3.58. The highest BCUT2D eigenvalue weighted by Gasteiger charge is 2.27. The largest absolute Gasteiger partial charge is 0.488 e. The summed E-state index contributed by atoms with van der Waals surface area (Å²) in [4.78, 5) is 31.9. The Bertz CT molecular complexity index is 1180. The summed E-state index contributed by atoms with van der Waals surface area (Å²) in [5, 5.41) is 16.4. The Kier molecular flexibility index (Phi) is 6.33. The SMILES string of the molecule is CC(=O)CN[C@H]1CC[C@H](Oc2cc(F)ccc2Nc2ncnc3sc(C(=O)O)c(C)c23)C1. The van der Waals surface area contributed by atoms with Crippen LogP contribution in [-0.2, 0) is 4.79 Å². The molecular weight excluding hydrogens is 435 g/mol. The summed E-state index contributed by atoms with van der Waals surface area (Å²) in [5.41, 5.74) is 1.09. The Hall–Kier alpha value is -3.11. The number of ketones is 1. The molecule has 4 rings (SSSR count). The van der Waals surface area contributed by atoms with Crippen LogP contribution in [0.3, 0.4) is 0 Å². The number of Topliss-reactive ketones (excluding diaryl/α,β-unsaturated/α-hetero) is 1. The van der Waals surface area contributed by atoms with Gasteiger partial charge in [0.15, 0.2) is 0 Å². The molecule has 2 aromatic heterocycles. The van der Waals surface area contributed by atoms with Crippen LogP contribution in [0.5, 0.6) is 5.75 Å². The number of fused-ring (bicyclic) bond motifs is 1.